The Balaban J connectivity index is 1.93. The fraction of sp³-hybridized carbons (Fsp3) is 0.333. The van der Waals surface area contributed by atoms with E-state index in [9.17, 15) is 0 Å². The highest BCUT2D eigenvalue weighted by Gasteiger charge is 2.10. The van der Waals surface area contributed by atoms with Crippen molar-refractivity contribution in [2.75, 3.05) is 7.05 Å². The second-order valence-corrected chi connectivity index (χ2v) is 4.81. The molecule has 0 atom stereocenters. The molecule has 1 aromatic carbocycles. The van der Waals surface area contributed by atoms with E-state index in [2.05, 4.69) is 41.6 Å². The fourth-order valence-corrected chi connectivity index (χ4v) is 2.47. The number of aryl methyl sites for hydroxylation is 1. The first kappa shape index (κ1) is 12.9. The van der Waals surface area contributed by atoms with Gasteiger partial charge in [0.25, 0.3) is 0 Å². The normalized spacial score (nSPS) is 11.3. The van der Waals surface area contributed by atoms with Crippen LogP contribution in [0.4, 0.5) is 0 Å². The number of fused-ring (bicyclic) bond motifs is 1. The van der Waals surface area contributed by atoms with Gasteiger partial charge in [-0.1, -0.05) is 18.2 Å². The topological polar surface area (TPSA) is 47.7 Å². The molecule has 5 nitrogen and oxygen atoms in total. The summed E-state index contributed by atoms with van der Waals surface area (Å²) in [5.74, 6) is 0. The van der Waals surface area contributed by atoms with Gasteiger partial charge in [-0.2, -0.15) is 10.2 Å². The Hall–Kier alpha value is -2.14. The first-order valence-electron chi connectivity index (χ1n) is 6.93. The average molecular weight is 269 g/mol. The van der Waals surface area contributed by atoms with Crippen LogP contribution in [-0.4, -0.2) is 26.6 Å². The smallest absolute Gasteiger partial charge is 0.0918 e. The van der Waals surface area contributed by atoms with E-state index >= 15 is 0 Å². The Labute approximate surface area is 118 Å². The molecule has 0 radical (unpaired) electrons. The first-order chi connectivity index (χ1) is 9.81. The Bertz CT molecular complexity index is 710. The van der Waals surface area contributed by atoms with Gasteiger partial charge < -0.3 is 5.32 Å². The van der Waals surface area contributed by atoms with E-state index in [1.54, 1.807) is 0 Å². The number of hydrogen-bond donors (Lipinski definition) is 1. The van der Waals surface area contributed by atoms with Gasteiger partial charge in [-0.05, 0) is 26.1 Å². The van der Waals surface area contributed by atoms with Crippen LogP contribution >= 0.6 is 0 Å². The molecule has 0 fully saturated rings. The third-order valence-corrected chi connectivity index (χ3v) is 3.40. The summed E-state index contributed by atoms with van der Waals surface area (Å²) >= 11 is 0. The lowest BCUT2D eigenvalue weighted by Gasteiger charge is -1.99. The lowest BCUT2D eigenvalue weighted by Crippen LogP contribution is -2.08. The summed E-state index contributed by atoms with van der Waals surface area (Å²) < 4.78 is 3.99. The van der Waals surface area contributed by atoms with Gasteiger partial charge in [-0.25, -0.2) is 0 Å². The van der Waals surface area contributed by atoms with E-state index in [-0.39, 0.29) is 0 Å². The van der Waals surface area contributed by atoms with Crippen molar-refractivity contribution < 1.29 is 0 Å². The van der Waals surface area contributed by atoms with E-state index < -0.39 is 0 Å². The lowest BCUT2D eigenvalue weighted by molar-refractivity contribution is 0.618. The van der Waals surface area contributed by atoms with E-state index in [1.165, 1.54) is 10.9 Å². The van der Waals surface area contributed by atoms with E-state index in [0.717, 1.165) is 24.5 Å². The molecule has 104 valence electrons. The van der Waals surface area contributed by atoms with Crippen molar-refractivity contribution in [1.29, 1.82) is 0 Å². The van der Waals surface area contributed by atoms with Crippen LogP contribution in [0.2, 0.25) is 0 Å². The molecule has 0 aliphatic heterocycles. The highest BCUT2D eigenvalue weighted by atomic mass is 15.3. The molecule has 0 saturated carbocycles. The third kappa shape index (κ3) is 2.32. The van der Waals surface area contributed by atoms with Crippen LogP contribution < -0.4 is 5.32 Å². The van der Waals surface area contributed by atoms with Gasteiger partial charge in [0, 0.05) is 24.7 Å². The van der Waals surface area contributed by atoms with Crippen molar-refractivity contribution in [3.05, 3.63) is 47.9 Å². The fourth-order valence-electron chi connectivity index (χ4n) is 2.47. The number of nitrogens with one attached hydrogen (secondary N) is 1. The van der Waals surface area contributed by atoms with Gasteiger partial charge in [-0.15, -0.1) is 0 Å². The van der Waals surface area contributed by atoms with Gasteiger partial charge in [0.15, 0.2) is 0 Å². The third-order valence-electron chi connectivity index (χ3n) is 3.40. The average Bonchev–Trinajstić information content (AvgIpc) is 3.05. The standard InChI is InChI=1S/C15H19N5/c1-3-20-15-7-5-4-6-13(15)14(18-20)11-19-9-8-12(17-19)10-16-2/h4-9,16H,3,10-11H2,1-2H3. The zero-order valence-electron chi connectivity index (χ0n) is 11.9. The van der Waals surface area contributed by atoms with Crippen molar-refractivity contribution in [3.8, 4) is 0 Å². The highest BCUT2D eigenvalue weighted by molar-refractivity contribution is 5.81. The minimum Gasteiger partial charge on any atom is -0.314 e. The van der Waals surface area contributed by atoms with Crippen LogP contribution in [0.15, 0.2) is 36.5 Å². The van der Waals surface area contributed by atoms with Crippen molar-refractivity contribution in [2.24, 2.45) is 0 Å². The number of hydrogen-bond acceptors (Lipinski definition) is 3. The molecular weight excluding hydrogens is 250 g/mol. The molecular formula is C15H19N5. The predicted octanol–water partition coefficient (Wildman–Crippen LogP) is 2.02. The largest absolute Gasteiger partial charge is 0.314 e. The van der Waals surface area contributed by atoms with Crippen LogP contribution in [0.25, 0.3) is 10.9 Å². The van der Waals surface area contributed by atoms with Gasteiger partial charge in [0.1, 0.15) is 0 Å². The summed E-state index contributed by atoms with van der Waals surface area (Å²) in [6.45, 7) is 4.49. The summed E-state index contributed by atoms with van der Waals surface area (Å²) in [7, 11) is 1.93. The Morgan fingerprint density at radius 2 is 2.00 bits per heavy atom. The Kier molecular flexibility index (Phi) is 3.52. The van der Waals surface area contributed by atoms with Crippen LogP contribution in [0.1, 0.15) is 18.3 Å². The molecule has 2 heterocycles. The van der Waals surface area contributed by atoms with Crippen LogP contribution in [0, 0.1) is 0 Å². The summed E-state index contributed by atoms with van der Waals surface area (Å²) in [5, 5.41) is 13.6. The van der Waals surface area contributed by atoms with Crippen molar-refractivity contribution in [3.63, 3.8) is 0 Å². The molecule has 0 bridgehead atoms. The van der Waals surface area contributed by atoms with E-state index in [0.29, 0.717) is 6.54 Å². The molecule has 0 aliphatic carbocycles. The van der Waals surface area contributed by atoms with E-state index in [4.69, 9.17) is 5.10 Å². The maximum atomic E-state index is 4.70. The van der Waals surface area contributed by atoms with Gasteiger partial charge in [0.2, 0.25) is 0 Å². The zero-order valence-corrected chi connectivity index (χ0v) is 11.9. The molecule has 3 rings (SSSR count). The molecule has 1 N–H and O–H groups in total. The minimum atomic E-state index is 0.706. The van der Waals surface area contributed by atoms with Crippen LogP contribution in [0.3, 0.4) is 0 Å². The highest BCUT2D eigenvalue weighted by Crippen LogP contribution is 2.19. The van der Waals surface area contributed by atoms with Crippen molar-refractivity contribution in [1.82, 2.24) is 24.9 Å². The number of benzene rings is 1. The van der Waals surface area contributed by atoms with Crippen molar-refractivity contribution >= 4 is 10.9 Å². The maximum Gasteiger partial charge on any atom is 0.0918 e. The minimum absolute atomic E-state index is 0.706. The van der Waals surface area contributed by atoms with Crippen LogP contribution in [-0.2, 0) is 19.6 Å². The number of rotatable bonds is 5. The molecule has 0 aliphatic rings. The summed E-state index contributed by atoms with van der Waals surface area (Å²) in [5.41, 5.74) is 3.31. The predicted molar refractivity (Wildman–Crippen MR) is 79.5 cm³/mol. The molecule has 0 unspecified atom stereocenters. The first-order valence-corrected chi connectivity index (χ1v) is 6.93. The lowest BCUT2D eigenvalue weighted by atomic mass is 10.2. The molecule has 2 aromatic heterocycles. The summed E-state index contributed by atoms with van der Waals surface area (Å²) in [6.07, 6.45) is 2.01. The van der Waals surface area contributed by atoms with Gasteiger partial charge in [-0.3, -0.25) is 9.36 Å². The van der Waals surface area contributed by atoms with Gasteiger partial charge in [0.05, 0.1) is 23.4 Å². The van der Waals surface area contributed by atoms with E-state index in [1.807, 2.05) is 28.7 Å². The van der Waals surface area contributed by atoms with Crippen LogP contribution in [0.5, 0.6) is 0 Å². The Morgan fingerprint density at radius 3 is 2.80 bits per heavy atom. The second-order valence-electron chi connectivity index (χ2n) is 4.81. The number of aromatic nitrogens is 4. The monoisotopic (exact) mass is 269 g/mol. The van der Waals surface area contributed by atoms with Gasteiger partial charge >= 0.3 is 0 Å². The Morgan fingerprint density at radius 1 is 1.15 bits per heavy atom. The maximum absolute atomic E-state index is 4.70. The SMILES string of the molecule is CCn1nc(Cn2ccc(CNC)n2)c2ccccc21. The molecule has 3 aromatic rings. The number of nitrogens with zero attached hydrogens (tertiary/aromatic N) is 4. The zero-order chi connectivity index (χ0) is 13.9. The summed E-state index contributed by atoms with van der Waals surface area (Å²) in [6, 6.07) is 10.4. The molecule has 0 spiro atoms. The van der Waals surface area contributed by atoms with Crippen molar-refractivity contribution in [2.45, 2.75) is 26.6 Å². The second kappa shape index (κ2) is 5.46. The molecule has 5 heteroatoms. The number of para-hydroxylation sites is 1. The summed E-state index contributed by atoms with van der Waals surface area (Å²) in [4.78, 5) is 0. The molecule has 0 saturated heterocycles. The quantitative estimate of drug-likeness (QED) is 0.771. The molecule has 0 amide bonds. The molecule has 20 heavy (non-hydrogen) atoms.